The number of likely N-dealkylation sites (tertiary alicyclic amines) is 1. The van der Waals surface area contributed by atoms with Gasteiger partial charge in [0.25, 0.3) is 0 Å². The Kier molecular flexibility index (Phi) is 3.86. The van der Waals surface area contributed by atoms with Gasteiger partial charge in [-0.05, 0) is 44.7 Å². The van der Waals surface area contributed by atoms with Crippen LogP contribution in [0.1, 0.15) is 25.7 Å². The Morgan fingerprint density at radius 1 is 0.944 bits per heavy atom. The van der Waals surface area contributed by atoms with E-state index >= 15 is 0 Å². The second-order valence-electron chi connectivity index (χ2n) is 6.53. The second-order valence-corrected chi connectivity index (χ2v) is 6.53. The molecule has 4 heteroatoms. The number of rotatable bonds is 2. The summed E-state index contributed by atoms with van der Waals surface area (Å²) in [5.41, 5.74) is 0. The molecule has 0 spiro atoms. The monoisotopic (exact) mass is 272 g/mol. The van der Waals surface area contributed by atoms with Crippen molar-refractivity contribution in [3.63, 3.8) is 0 Å². The molecular formula is C14H25ClN2O. The molecule has 18 heavy (non-hydrogen) atoms. The first kappa shape index (κ1) is 13.2. The molecule has 4 fully saturated rings. The first-order valence-electron chi connectivity index (χ1n) is 7.48. The number of hydrogen-bond acceptors (Lipinski definition) is 3. The normalized spacial score (nSPS) is 44.0. The lowest BCUT2D eigenvalue weighted by molar-refractivity contribution is 0.0676. The Labute approximate surface area is 116 Å². The maximum atomic E-state index is 6.04. The third kappa shape index (κ3) is 2.20. The molecule has 0 saturated carbocycles. The molecule has 0 aromatic heterocycles. The van der Waals surface area contributed by atoms with Crippen LogP contribution in [-0.2, 0) is 4.74 Å². The van der Waals surface area contributed by atoms with Gasteiger partial charge in [0.05, 0.1) is 12.2 Å². The van der Waals surface area contributed by atoms with E-state index in [2.05, 4.69) is 10.2 Å². The molecule has 0 amide bonds. The minimum absolute atomic E-state index is 0. The van der Waals surface area contributed by atoms with Crippen LogP contribution in [-0.4, -0.2) is 49.8 Å². The Morgan fingerprint density at radius 2 is 1.56 bits per heavy atom. The van der Waals surface area contributed by atoms with Gasteiger partial charge in [-0.2, -0.15) is 0 Å². The summed E-state index contributed by atoms with van der Waals surface area (Å²) < 4.78 is 6.04. The molecule has 0 aromatic carbocycles. The number of nitrogens with zero attached hydrogens (tertiary/aromatic N) is 1. The minimum atomic E-state index is 0. The van der Waals surface area contributed by atoms with Gasteiger partial charge in [-0.25, -0.2) is 0 Å². The first-order valence-corrected chi connectivity index (χ1v) is 7.48. The van der Waals surface area contributed by atoms with Crippen LogP contribution in [0.25, 0.3) is 0 Å². The van der Waals surface area contributed by atoms with Gasteiger partial charge in [0.2, 0.25) is 0 Å². The van der Waals surface area contributed by atoms with E-state index in [0.29, 0.717) is 12.2 Å². The van der Waals surface area contributed by atoms with Crippen molar-refractivity contribution in [2.45, 2.75) is 37.9 Å². The number of fused-ring (bicyclic) bond motifs is 5. The zero-order valence-electron chi connectivity index (χ0n) is 11.0. The Balaban J connectivity index is 0.000001000. The molecule has 0 aromatic rings. The van der Waals surface area contributed by atoms with Crippen LogP contribution in [0.15, 0.2) is 0 Å². The molecule has 3 nitrogen and oxygen atoms in total. The molecule has 1 N–H and O–H groups in total. The van der Waals surface area contributed by atoms with Crippen molar-refractivity contribution in [2.24, 2.45) is 17.8 Å². The van der Waals surface area contributed by atoms with Gasteiger partial charge >= 0.3 is 0 Å². The highest BCUT2D eigenvalue weighted by atomic mass is 35.5. The van der Waals surface area contributed by atoms with E-state index < -0.39 is 0 Å². The number of halogens is 1. The van der Waals surface area contributed by atoms with Crippen LogP contribution in [0.5, 0.6) is 0 Å². The average Bonchev–Trinajstić information content (AvgIpc) is 3.00. The van der Waals surface area contributed by atoms with Crippen LogP contribution < -0.4 is 5.32 Å². The van der Waals surface area contributed by atoms with Crippen LogP contribution in [0.4, 0.5) is 0 Å². The van der Waals surface area contributed by atoms with Crippen LogP contribution in [0, 0.1) is 17.8 Å². The maximum Gasteiger partial charge on any atom is 0.0624 e. The van der Waals surface area contributed by atoms with E-state index in [1.54, 1.807) is 0 Å². The minimum Gasteiger partial charge on any atom is -0.374 e. The number of piperidine rings is 1. The maximum absolute atomic E-state index is 6.04. The predicted octanol–water partition coefficient (Wildman–Crippen LogP) is 1.52. The van der Waals surface area contributed by atoms with E-state index in [9.17, 15) is 0 Å². The third-order valence-electron chi connectivity index (χ3n) is 5.50. The van der Waals surface area contributed by atoms with E-state index in [1.165, 1.54) is 58.4 Å². The highest BCUT2D eigenvalue weighted by Gasteiger charge is 2.52. The molecule has 4 unspecified atom stereocenters. The average molecular weight is 273 g/mol. The molecule has 4 rings (SSSR count). The number of hydrogen-bond donors (Lipinski definition) is 1. The molecule has 0 aliphatic carbocycles. The molecule has 4 saturated heterocycles. The highest BCUT2D eigenvalue weighted by Crippen LogP contribution is 2.47. The summed E-state index contributed by atoms with van der Waals surface area (Å²) in [4.78, 5) is 2.75. The van der Waals surface area contributed by atoms with E-state index in [-0.39, 0.29) is 12.4 Å². The van der Waals surface area contributed by atoms with Gasteiger partial charge in [-0.15, -0.1) is 12.4 Å². The van der Waals surface area contributed by atoms with E-state index in [4.69, 9.17) is 4.74 Å². The Hall–Kier alpha value is 0.170. The number of ether oxygens (including phenoxy) is 1. The van der Waals surface area contributed by atoms with Gasteiger partial charge in [-0.1, -0.05) is 0 Å². The van der Waals surface area contributed by atoms with Gasteiger partial charge in [0.15, 0.2) is 0 Å². The zero-order valence-corrected chi connectivity index (χ0v) is 11.8. The summed E-state index contributed by atoms with van der Waals surface area (Å²) in [5.74, 6) is 2.72. The molecule has 2 bridgehead atoms. The molecular weight excluding hydrogens is 248 g/mol. The molecule has 4 aliphatic rings. The quantitative estimate of drug-likeness (QED) is 0.825. The fourth-order valence-corrected chi connectivity index (χ4v) is 4.63. The lowest BCUT2D eigenvalue weighted by atomic mass is 9.82. The van der Waals surface area contributed by atoms with Crippen molar-refractivity contribution in [1.29, 1.82) is 0 Å². The summed E-state index contributed by atoms with van der Waals surface area (Å²) in [6.45, 7) is 6.49. The first-order chi connectivity index (χ1) is 8.40. The third-order valence-corrected chi connectivity index (χ3v) is 5.50. The predicted molar refractivity (Wildman–Crippen MR) is 74.2 cm³/mol. The summed E-state index contributed by atoms with van der Waals surface area (Å²) in [7, 11) is 0. The van der Waals surface area contributed by atoms with Crippen LogP contribution in [0.3, 0.4) is 0 Å². The molecule has 104 valence electrons. The molecule has 0 radical (unpaired) electrons. The van der Waals surface area contributed by atoms with E-state index in [1.807, 2.05) is 0 Å². The Bertz CT molecular complexity index is 278. The second kappa shape index (κ2) is 5.28. The molecule has 4 aliphatic heterocycles. The lowest BCUT2D eigenvalue weighted by Crippen LogP contribution is -2.36. The standard InChI is InChI=1S/C14H24N2O.ClH/c1-2-14-12-9-16(8-11(12)13(1)17-14)7-10-3-5-15-6-4-10;/h10-15H,1-9H2;1H. The largest absolute Gasteiger partial charge is 0.374 e. The lowest BCUT2D eigenvalue weighted by Gasteiger charge is -2.28. The fraction of sp³-hybridized carbons (Fsp3) is 1.00. The van der Waals surface area contributed by atoms with Gasteiger partial charge in [0, 0.05) is 31.5 Å². The summed E-state index contributed by atoms with van der Waals surface area (Å²) in [5, 5.41) is 3.47. The topological polar surface area (TPSA) is 24.5 Å². The van der Waals surface area contributed by atoms with Crippen molar-refractivity contribution in [2.75, 3.05) is 32.7 Å². The van der Waals surface area contributed by atoms with E-state index in [0.717, 1.165) is 17.8 Å². The van der Waals surface area contributed by atoms with Crippen molar-refractivity contribution < 1.29 is 4.74 Å². The van der Waals surface area contributed by atoms with Gasteiger partial charge < -0.3 is 15.0 Å². The fourth-order valence-electron chi connectivity index (χ4n) is 4.63. The van der Waals surface area contributed by atoms with Crippen LogP contribution in [0.2, 0.25) is 0 Å². The van der Waals surface area contributed by atoms with Crippen molar-refractivity contribution in [3.8, 4) is 0 Å². The van der Waals surface area contributed by atoms with Crippen molar-refractivity contribution >= 4 is 12.4 Å². The van der Waals surface area contributed by atoms with Crippen LogP contribution >= 0.6 is 12.4 Å². The SMILES string of the molecule is C1CC(CN2CC3C4CCC(O4)C3C2)CCN1.Cl. The molecule has 4 atom stereocenters. The summed E-state index contributed by atoms with van der Waals surface area (Å²) in [6.07, 6.45) is 6.70. The number of nitrogens with one attached hydrogen (secondary N) is 1. The zero-order chi connectivity index (χ0) is 11.2. The smallest absolute Gasteiger partial charge is 0.0624 e. The molecule has 4 heterocycles. The van der Waals surface area contributed by atoms with Gasteiger partial charge in [0.1, 0.15) is 0 Å². The van der Waals surface area contributed by atoms with Crippen molar-refractivity contribution in [1.82, 2.24) is 10.2 Å². The van der Waals surface area contributed by atoms with Crippen molar-refractivity contribution in [3.05, 3.63) is 0 Å². The summed E-state index contributed by atoms with van der Waals surface area (Å²) >= 11 is 0. The van der Waals surface area contributed by atoms with Gasteiger partial charge in [-0.3, -0.25) is 0 Å². The highest BCUT2D eigenvalue weighted by molar-refractivity contribution is 5.85. The Morgan fingerprint density at radius 3 is 2.17 bits per heavy atom. The summed E-state index contributed by atoms with van der Waals surface area (Å²) in [6, 6.07) is 0.